The van der Waals surface area contributed by atoms with Gasteiger partial charge in [-0.15, -0.1) is 0 Å². The summed E-state index contributed by atoms with van der Waals surface area (Å²) in [4.78, 5) is 36.6. The lowest BCUT2D eigenvalue weighted by atomic mass is 9.98. The third-order valence-electron chi connectivity index (χ3n) is 9.47. The van der Waals surface area contributed by atoms with Crippen molar-refractivity contribution in [1.82, 2.24) is 0 Å². The van der Waals surface area contributed by atoms with E-state index < -0.39 is 93.2 Å². The van der Waals surface area contributed by atoms with Crippen LogP contribution in [0.25, 0.3) is 6.08 Å². The lowest BCUT2D eigenvalue weighted by Gasteiger charge is -2.42. The van der Waals surface area contributed by atoms with Crippen LogP contribution in [-0.4, -0.2) is 140 Å². The van der Waals surface area contributed by atoms with Crippen molar-refractivity contribution >= 4 is 23.8 Å². The number of ether oxygens (including phenoxy) is 6. The van der Waals surface area contributed by atoms with Crippen molar-refractivity contribution in [3.05, 3.63) is 112 Å². The Bertz CT molecular complexity index is 1900. The highest BCUT2D eigenvalue weighted by atomic mass is 16.7. The van der Waals surface area contributed by atoms with Crippen molar-refractivity contribution in [3.63, 3.8) is 0 Å². The fourth-order valence-electron chi connectivity index (χ4n) is 5.57. The summed E-state index contributed by atoms with van der Waals surface area (Å²) >= 11 is 0. The predicted molar refractivity (Wildman–Crippen MR) is 219 cm³/mol. The van der Waals surface area contributed by atoms with Crippen LogP contribution in [0.3, 0.4) is 0 Å². The first-order valence-corrected chi connectivity index (χ1v) is 19.2. The van der Waals surface area contributed by atoms with E-state index in [4.69, 9.17) is 28.4 Å². The van der Waals surface area contributed by atoms with Crippen LogP contribution in [0.4, 0.5) is 0 Å². The lowest BCUT2D eigenvalue weighted by molar-refractivity contribution is -0.326. The summed E-state index contributed by atoms with van der Waals surface area (Å²) in [6.07, 6.45) is 2.73. The van der Waals surface area contributed by atoms with Crippen molar-refractivity contribution in [2.45, 2.75) is 103 Å². The fourth-order valence-corrected chi connectivity index (χ4v) is 5.57. The number of benzene rings is 1. The van der Waals surface area contributed by atoms with E-state index in [9.17, 15) is 55.2 Å². The van der Waals surface area contributed by atoms with Gasteiger partial charge in [0.2, 0.25) is 6.29 Å². The summed E-state index contributed by atoms with van der Waals surface area (Å²) in [6.45, 7) is 6.71. The molecule has 0 amide bonds. The maximum absolute atomic E-state index is 12.9. The van der Waals surface area contributed by atoms with E-state index in [1.54, 1.807) is 31.2 Å². The first kappa shape index (κ1) is 50.3. The molecule has 0 aromatic heterocycles. The number of Topliss-reactive ketones (excluding diaryl/α,β-unsaturated/α-hetero) is 1. The van der Waals surface area contributed by atoms with Crippen molar-refractivity contribution in [3.8, 4) is 11.5 Å². The van der Waals surface area contributed by atoms with Crippen LogP contribution in [0.2, 0.25) is 0 Å². The Morgan fingerprint density at radius 2 is 1.21 bits per heavy atom. The number of ketones is 1. The molecular formula is C44H56O17. The first-order valence-electron chi connectivity index (χ1n) is 19.2. The van der Waals surface area contributed by atoms with Gasteiger partial charge in [-0.25, -0.2) is 9.59 Å². The van der Waals surface area contributed by atoms with Gasteiger partial charge in [0.05, 0.1) is 20.3 Å². The van der Waals surface area contributed by atoms with E-state index in [1.807, 2.05) is 44.2 Å². The van der Waals surface area contributed by atoms with Crippen LogP contribution >= 0.6 is 0 Å². The molecule has 2 fully saturated rings. The van der Waals surface area contributed by atoms with Crippen LogP contribution in [-0.2, 0) is 44.7 Å². The maximum Gasteiger partial charge on any atom is 0.336 e. The molecule has 8 N–H and O–H groups in total. The number of carbonyl (C=O) groups is 3. The Morgan fingerprint density at radius 3 is 1.77 bits per heavy atom. The van der Waals surface area contributed by atoms with Gasteiger partial charge in [-0.3, -0.25) is 4.79 Å². The van der Waals surface area contributed by atoms with E-state index >= 15 is 0 Å². The van der Waals surface area contributed by atoms with E-state index in [-0.39, 0.29) is 28.4 Å². The third-order valence-corrected chi connectivity index (χ3v) is 9.47. The van der Waals surface area contributed by atoms with Crippen molar-refractivity contribution in [1.29, 1.82) is 0 Å². The molecule has 2 heterocycles. The lowest BCUT2D eigenvalue weighted by Crippen LogP contribution is -2.62. The molecule has 0 aliphatic carbocycles. The zero-order valence-electron chi connectivity index (χ0n) is 34.7. The SMILES string of the molecule is COc1cc(/C=C/C(=O)OCC2O[C@@H](OCC3O[C@@H](OC(=O)/C(C)=C/C=C/C(C)=C/C=C/C=C(C)/C=C/C=C(\C)C(C)=O)C(O)[C@@H](O)[C@@H]3O)C(O)[C@@H](O)[C@@H]2O)cc(CO)c1O. The Hall–Kier alpha value is -5.05. The summed E-state index contributed by atoms with van der Waals surface area (Å²) in [6, 6.07) is 2.82. The molecule has 334 valence electrons. The average Bonchev–Trinajstić information content (AvgIpc) is 3.23. The first-order chi connectivity index (χ1) is 28.9. The van der Waals surface area contributed by atoms with Crippen LogP contribution in [0, 0.1) is 0 Å². The van der Waals surface area contributed by atoms with Gasteiger partial charge in [-0.2, -0.15) is 0 Å². The minimum absolute atomic E-state index is 0.00885. The highest BCUT2D eigenvalue weighted by Crippen LogP contribution is 2.32. The van der Waals surface area contributed by atoms with Crippen LogP contribution < -0.4 is 4.74 Å². The zero-order valence-corrected chi connectivity index (χ0v) is 34.7. The normalized spacial score (nSPS) is 28.3. The van der Waals surface area contributed by atoms with Gasteiger partial charge in [0.25, 0.3) is 0 Å². The average molecular weight is 857 g/mol. The second kappa shape index (κ2) is 24.4. The molecule has 4 unspecified atom stereocenters. The van der Waals surface area contributed by atoms with Crippen molar-refractivity contribution in [2.75, 3.05) is 20.3 Å². The largest absolute Gasteiger partial charge is 0.504 e. The molecule has 3 rings (SSSR count). The van der Waals surface area contributed by atoms with Crippen LogP contribution in [0.5, 0.6) is 11.5 Å². The zero-order chi connectivity index (χ0) is 45.4. The number of hydrogen-bond donors (Lipinski definition) is 8. The molecule has 17 nitrogen and oxygen atoms in total. The quantitative estimate of drug-likeness (QED) is 0.0593. The van der Waals surface area contributed by atoms with Gasteiger partial charge >= 0.3 is 11.9 Å². The van der Waals surface area contributed by atoms with Gasteiger partial charge in [-0.1, -0.05) is 71.9 Å². The van der Waals surface area contributed by atoms with E-state index in [0.717, 1.165) is 17.2 Å². The van der Waals surface area contributed by atoms with Crippen LogP contribution in [0.15, 0.2) is 101 Å². The number of methoxy groups -OCH3 is 1. The van der Waals surface area contributed by atoms with E-state index in [0.29, 0.717) is 11.1 Å². The smallest absolute Gasteiger partial charge is 0.336 e. The van der Waals surface area contributed by atoms with Gasteiger partial charge in [0.15, 0.2) is 23.6 Å². The number of aromatic hydroxyl groups is 1. The standard InChI is InChI=1S/C44H56O17/c1-24(13-9-15-26(3)28(5)46)11-7-8-12-25(2)14-10-16-27(4)42(55)61-44-41(54)39(52)37(50)33(60-44)23-58-43-40(53)38(51)36(49)32(59-43)22-57-34(47)18-17-29-19-30(21-45)35(48)31(20-29)56-6/h7-20,32-33,36-41,43-45,48-54H,21-23H2,1-6H3/b8-7+,13-9+,14-10+,18-17+,24-11+,25-12+,26-15+,27-16+/t32?,33?,36-,37-,38+,39+,40?,41?,43-,44+/m1/s1. The predicted octanol–water partition coefficient (Wildman–Crippen LogP) is 1.67. The number of carbonyl (C=O) groups excluding carboxylic acids is 3. The number of phenols is 1. The summed E-state index contributed by atoms with van der Waals surface area (Å²) in [5, 5.41) is 82.7. The molecular weight excluding hydrogens is 800 g/mol. The monoisotopic (exact) mass is 856 g/mol. The summed E-state index contributed by atoms with van der Waals surface area (Å²) < 4.78 is 32.1. The van der Waals surface area contributed by atoms with Crippen molar-refractivity contribution in [2.24, 2.45) is 0 Å². The van der Waals surface area contributed by atoms with Gasteiger partial charge in [0.1, 0.15) is 55.4 Å². The molecule has 10 atom stereocenters. The topological polar surface area (TPSA) is 268 Å². The van der Waals surface area contributed by atoms with Crippen molar-refractivity contribution < 1.29 is 83.7 Å². The molecule has 0 radical (unpaired) electrons. The summed E-state index contributed by atoms with van der Waals surface area (Å²) in [7, 11) is 1.31. The van der Waals surface area contributed by atoms with Gasteiger partial charge in [0, 0.05) is 17.2 Å². The number of esters is 2. The second-order valence-corrected chi connectivity index (χ2v) is 14.3. The Labute approximate surface area is 353 Å². The minimum atomic E-state index is -1.87. The van der Waals surface area contributed by atoms with E-state index in [1.165, 1.54) is 45.2 Å². The molecule has 0 bridgehead atoms. The number of rotatable bonds is 18. The molecule has 2 aliphatic rings. The Morgan fingerprint density at radius 1 is 0.672 bits per heavy atom. The van der Waals surface area contributed by atoms with Gasteiger partial charge in [-0.05, 0) is 64.0 Å². The molecule has 1 aromatic carbocycles. The number of aliphatic hydroxyl groups excluding tert-OH is 7. The molecule has 2 saturated heterocycles. The Kier molecular flexibility index (Phi) is 20.1. The van der Waals surface area contributed by atoms with E-state index in [2.05, 4.69) is 0 Å². The summed E-state index contributed by atoms with van der Waals surface area (Å²) in [5.41, 5.74) is 3.11. The summed E-state index contributed by atoms with van der Waals surface area (Å²) in [5.74, 6) is -2.01. The molecule has 0 spiro atoms. The number of allylic oxidation sites excluding steroid dienone is 13. The van der Waals surface area contributed by atoms with Crippen LogP contribution in [0.1, 0.15) is 45.7 Å². The fraction of sp³-hybridized carbons (Fsp3) is 0.432. The number of aliphatic hydroxyl groups is 7. The molecule has 1 aromatic rings. The highest BCUT2D eigenvalue weighted by Gasteiger charge is 2.48. The minimum Gasteiger partial charge on any atom is -0.504 e. The van der Waals surface area contributed by atoms with Gasteiger partial charge < -0.3 is 69.3 Å². The highest BCUT2D eigenvalue weighted by molar-refractivity contribution is 5.92. The second-order valence-electron chi connectivity index (χ2n) is 14.3. The Balaban J connectivity index is 1.56. The molecule has 17 heteroatoms. The molecule has 0 saturated carbocycles. The third kappa shape index (κ3) is 15.1. The number of hydrogen-bond acceptors (Lipinski definition) is 17. The maximum atomic E-state index is 12.9. The molecule has 61 heavy (non-hydrogen) atoms. The molecule has 2 aliphatic heterocycles.